The lowest BCUT2D eigenvalue weighted by atomic mass is 10.2. The Morgan fingerprint density at radius 1 is 1.09 bits per heavy atom. The first-order chi connectivity index (χ1) is 5.36. The Morgan fingerprint density at radius 3 is 2.91 bits per heavy atom. The highest BCUT2D eigenvalue weighted by atomic mass is 35.5. The zero-order valence-electron chi connectivity index (χ0n) is 5.84. The average molecular weight is 165 g/mol. The van der Waals surface area contributed by atoms with Crippen molar-refractivity contribution < 1.29 is 4.98 Å². The second-order valence-corrected chi connectivity index (χ2v) is 2.85. The van der Waals surface area contributed by atoms with Gasteiger partial charge in [-0.2, -0.15) is 0 Å². The van der Waals surface area contributed by atoms with Crippen LogP contribution in [0.25, 0.3) is 10.8 Å². The Kier molecular flexibility index (Phi) is 1.51. The van der Waals surface area contributed by atoms with Crippen LogP contribution in [0.5, 0.6) is 0 Å². The van der Waals surface area contributed by atoms with E-state index in [2.05, 4.69) is 4.98 Å². The molecule has 54 valence electrons. The number of fused-ring (bicyclic) bond motifs is 1. The van der Waals surface area contributed by atoms with Crippen LogP contribution in [0, 0.1) is 0 Å². The van der Waals surface area contributed by atoms with Gasteiger partial charge in [0.1, 0.15) is 0 Å². The fraction of sp³-hybridized carbons (Fsp3) is 0. The lowest BCUT2D eigenvalue weighted by Gasteiger charge is -1.92. The molecule has 0 aliphatic carbocycles. The maximum Gasteiger partial charge on any atom is 0.174 e. The number of H-pyrrole nitrogens is 1. The van der Waals surface area contributed by atoms with E-state index in [4.69, 9.17) is 11.6 Å². The Balaban J connectivity index is 2.83. The van der Waals surface area contributed by atoms with E-state index in [-0.39, 0.29) is 0 Å². The van der Waals surface area contributed by atoms with Gasteiger partial charge in [-0.05, 0) is 23.6 Å². The quantitative estimate of drug-likeness (QED) is 0.568. The Hall–Kier alpha value is -1.08. The van der Waals surface area contributed by atoms with Crippen molar-refractivity contribution in [1.82, 2.24) is 0 Å². The molecule has 1 heterocycles. The van der Waals surface area contributed by atoms with Gasteiger partial charge in [0.05, 0.1) is 0 Å². The lowest BCUT2D eigenvalue weighted by molar-refractivity contribution is -0.375. The summed E-state index contributed by atoms with van der Waals surface area (Å²) in [7, 11) is 0. The van der Waals surface area contributed by atoms with Crippen LogP contribution in [0.4, 0.5) is 0 Å². The Labute approximate surface area is 69.6 Å². The minimum atomic E-state index is 0.781. The highest BCUT2D eigenvalue weighted by molar-refractivity contribution is 6.31. The van der Waals surface area contributed by atoms with E-state index in [1.807, 2.05) is 36.7 Å². The van der Waals surface area contributed by atoms with E-state index in [0.717, 1.165) is 10.4 Å². The summed E-state index contributed by atoms with van der Waals surface area (Å²) in [4.78, 5) is 3.01. The molecule has 1 aromatic heterocycles. The molecule has 0 fully saturated rings. The van der Waals surface area contributed by atoms with Crippen LogP contribution >= 0.6 is 11.6 Å². The van der Waals surface area contributed by atoms with E-state index < -0.39 is 0 Å². The molecule has 1 aromatic carbocycles. The van der Waals surface area contributed by atoms with Crippen LogP contribution < -0.4 is 4.98 Å². The molecule has 2 rings (SSSR count). The first kappa shape index (κ1) is 6.62. The monoisotopic (exact) mass is 164 g/mol. The molecule has 0 radical (unpaired) electrons. The molecule has 2 aromatic rings. The summed E-state index contributed by atoms with van der Waals surface area (Å²) in [5, 5.41) is 3.12. The number of halogens is 1. The predicted octanol–water partition coefficient (Wildman–Crippen LogP) is 2.31. The molecular formula is C9H7ClN+. The SMILES string of the molecule is Clc1ccc2c[nH+]ccc2c1. The summed E-state index contributed by atoms with van der Waals surface area (Å²) in [6.07, 6.45) is 3.84. The number of aromatic nitrogens is 1. The molecule has 2 heteroatoms. The van der Waals surface area contributed by atoms with Crippen LogP contribution in [-0.2, 0) is 0 Å². The number of aromatic amines is 1. The predicted molar refractivity (Wildman–Crippen MR) is 45.5 cm³/mol. The van der Waals surface area contributed by atoms with Gasteiger partial charge in [-0.1, -0.05) is 11.6 Å². The zero-order chi connectivity index (χ0) is 7.68. The molecule has 0 saturated heterocycles. The number of hydrogen-bond acceptors (Lipinski definition) is 0. The first-order valence-corrected chi connectivity index (χ1v) is 3.79. The van der Waals surface area contributed by atoms with Crippen LogP contribution in [-0.4, -0.2) is 0 Å². The second-order valence-electron chi connectivity index (χ2n) is 2.42. The fourth-order valence-corrected chi connectivity index (χ4v) is 1.28. The third-order valence-electron chi connectivity index (χ3n) is 1.65. The molecule has 0 amide bonds. The van der Waals surface area contributed by atoms with Crippen molar-refractivity contribution in [3.8, 4) is 0 Å². The van der Waals surface area contributed by atoms with E-state index in [9.17, 15) is 0 Å². The van der Waals surface area contributed by atoms with E-state index in [1.165, 1.54) is 5.39 Å². The Morgan fingerprint density at radius 2 is 2.00 bits per heavy atom. The van der Waals surface area contributed by atoms with Crippen LogP contribution in [0.15, 0.2) is 36.7 Å². The molecule has 0 unspecified atom stereocenters. The number of rotatable bonds is 0. The largest absolute Gasteiger partial charge is 0.217 e. The van der Waals surface area contributed by atoms with Crippen molar-refractivity contribution in [2.45, 2.75) is 0 Å². The maximum atomic E-state index is 5.81. The third-order valence-corrected chi connectivity index (χ3v) is 1.88. The second kappa shape index (κ2) is 2.51. The number of nitrogens with one attached hydrogen (secondary N) is 1. The van der Waals surface area contributed by atoms with Gasteiger partial charge < -0.3 is 0 Å². The van der Waals surface area contributed by atoms with Gasteiger partial charge in [0.25, 0.3) is 0 Å². The summed E-state index contributed by atoms with van der Waals surface area (Å²) in [6.45, 7) is 0. The Bertz CT molecular complexity index is 384. The molecule has 0 spiro atoms. The minimum absolute atomic E-state index is 0.781. The zero-order valence-corrected chi connectivity index (χ0v) is 6.60. The van der Waals surface area contributed by atoms with Gasteiger partial charge in [-0.3, -0.25) is 0 Å². The van der Waals surface area contributed by atoms with Crippen LogP contribution in [0.2, 0.25) is 5.02 Å². The number of hydrogen-bond donors (Lipinski definition) is 0. The average Bonchev–Trinajstić information content (AvgIpc) is 2.04. The summed E-state index contributed by atoms with van der Waals surface area (Å²) in [6, 6.07) is 7.83. The summed E-state index contributed by atoms with van der Waals surface area (Å²) < 4.78 is 0. The topological polar surface area (TPSA) is 14.1 Å². The van der Waals surface area contributed by atoms with Gasteiger partial charge in [-0.15, -0.1) is 0 Å². The van der Waals surface area contributed by atoms with Crippen LogP contribution in [0.3, 0.4) is 0 Å². The minimum Gasteiger partial charge on any atom is -0.217 e. The molecular weight excluding hydrogens is 158 g/mol. The van der Waals surface area contributed by atoms with E-state index >= 15 is 0 Å². The van der Waals surface area contributed by atoms with Gasteiger partial charge >= 0.3 is 0 Å². The number of pyridine rings is 1. The molecule has 0 aliphatic heterocycles. The molecule has 1 N–H and O–H groups in total. The van der Waals surface area contributed by atoms with Gasteiger partial charge in [0, 0.05) is 16.5 Å². The molecule has 1 nitrogen and oxygen atoms in total. The summed E-state index contributed by atoms with van der Waals surface area (Å²) in [5.41, 5.74) is 0. The van der Waals surface area contributed by atoms with Crippen molar-refractivity contribution in [2.75, 3.05) is 0 Å². The maximum absolute atomic E-state index is 5.81. The molecule has 0 bridgehead atoms. The summed E-state index contributed by atoms with van der Waals surface area (Å²) in [5.74, 6) is 0. The first-order valence-electron chi connectivity index (χ1n) is 3.42. The smallest absolute Gasteiger partial charge is 0.174 e. The van der Waals surface area contributed by atoms with Gasteiger partial charge in [0.15, 0.2) is 12.4 Å². The molecule has 0 atom stereocenters. The van der Waals surface area contributed by atoms with E-state index in [0.29, 0.717) is 0 Å². The van der Waals surface area contributed by atoms with Gasteiger partial charge in [0.2, 0.25) is 0 Å². The molecule has 0 aliphatic rings. The third kappa shape index (κ3) is 1.19. The van der Waals surface area contributed by atoms with Gasteiger partial charge in [-0.25, -0.2) is 4.98 Å². The highest BCUT2D eigenvalue weighted by Gasteiger charge is 1.94. The lowest BCUT2D eigenvalue weighted by Crippen LogP contribution is -1.96. The van der Waals surface area contributed by atoms with Crippen molar-refractivity contribution in [3.05, 3.63) is 41.7 Å². The summed E-state index contributed by atoms with van der Waals surface area (Å²) >= 11 is 5.81. The highest BCUT2D eigenvalue weighted by Crippen LogP contribution is 2.16. The van der Waals surface area contributed by atoms with Crippen molar-refractivity contribution in [2.24, 2.45) is 0 Å². The van der Waals surface area contributed by atoms with Crippen LogP contribution in [0.1, 0.15) is 0 Å². The van der Waals surface area contributed by atoms with Crippen molar-refractivity contribution in [3.63, 3.8) is 0 Å². The van der Waals surface area contributed by atoms with E-state index in [1.54, 1.807) is 0 Å². The molecule has 0 saturated carbocycles. The number of benzene rings is 1. The molecule has 11 heavy (non-hydrogen) atoms. The van der Waals surface area contributed by atoms with Crippen molar-refractivity contribution in [1.29, 1.82) is 0 Å². The fourth-order valence-electron chi connectivity index (χ4n) is 1.10. The standard InChI is InChI=1S/C9H6ClN/c10-9-2-1-8-6-11-4-3-7(8)5-9/h1-6H/p+1. The normalized spacial score (nSPS) is 10.3. The van der Waals surface area contributed by atoms with Crippen molar-refractivity contribution >= 4 is 22.4 Å².